The first-order chi connectivity index (χ1) is 8.82. The first-order valence-corrected chi connectivity index (χ1v) is 7.79. The second-order valence-electron chi connectivity index (χ2n) is 5.15. The number of rotatable bonds is 2. The topological polar surface area (TPSA) is 63.4 Å². The molecule has 1 aromatic carbocycles. The van der Waals surface area contributed by atoms with E-state index < -0.39 is 10.0 Å². The Bertz CT molecular complexity index is 610. The van der Waals surface area contributed by atoms with Crippen LogP contribution in [0.1, 0.15) is 24.5 Å². The number of benzene rings is 1. The molecule has 0 radical (unpaired) electrons. The summed E-state index contributed by atoms with van der Waals surface area (Å²) in [5.74, 6) is 0. The number of aryl methyl sites for hydroxylation is 2. The lowest BCUT2D eigenvalue weighted by Crippen LogP contribution is -2.35. The Kier molecular flexibility index (Phi) is 3.69. The number of nitrogens with zero attached hydrogens (tertiary/aromatic N) is 1. The van der Waals surface area contributed by atoms with Crippen LogP contribution in [0.25, 0.3) is 0 Å². The van der Waals surface area contributed by atoms with Crippen LogP contribution in [0.15, 0.2) is 28.7 Å². The molecule has 0 atom stereocenters. The molecule has 1 aromatic rings. The van der Waals surface area contributed by atoms with E-state index in [2.05, 4.69) is 0 Å². The summed E-state index contributed by atoms with van der Waals surface area (Å²) in [6, 6.07) is 3.43. The van der Waals surface area contributed by atoms with Gasteiger partial charge in [0.25, 0.3) is 0 Å². The molecule has 0 aliphatic carbocycles. The molecule has 0 spiro atoms. The Balaban J connectivity index is 2.46. The second kappa shape index (κ2) is 4.98. The van der Waals surface area contributed by atoms with E-state index in [1.165, 1.54) is 9.88 Å². The van der Waals surface area contributed by atoms with E-state index in [0.717, 1.165) is 6.42 Å². The molecule has 0 fully saturated rings. The molecule has 2 N–H and O–H groups in total. The summed E-state index contributed by atoms with van der Waals surface area (Å²) in [6.45, 7) is 6.62. The summed E-state index contributed by atoms with van der Waals surface area (Å²) in [4.78, 5) is 0.398. The average molecular weight is 280 g/mol. The van der Waals surface area contributed by atoms with Crippen molar-refractivity contribution in [3.05, 3.63) is 34.9 Å². The van der Waals surface area contributed by atoms with Crippen LogP contribution in [0.2, 0.25) is 0 Å². The zero-order valence-electron chi connectivity index (χ0n) is 11.6. The van der Waals surface area contributed by atoms with Crippen LogP contribution in [-0.2, 0) is 10.0 Å². The highest BCUT2D eigenvalue weighted by Crippen LogP contribution is 2.27. The van der Waals surface area contributed by atoms with Crippen molar-refractivity contribution < 1.29 is 8.42 Å². The van der Waals surface area contributed by atoms with E-state index in [-0.39, 0.29) is 0 Å². The standard InChI is InChI=1S/C14H20N2O2S/c1-10-4-6-16(7-5-10)19(17,18)14-11(2)8-13(15)9-12(14)3/h4,8-9H,5-7,15H2,1-3H3. The zero-order chi connectivity index (χ0) is 14.2. The molecule has 1 aliphatic heterocycles. The molecule has 104 valence electrons. The Hall–Kier alpha value is -1.33. The summed E-state index contributed by atoms with van der Waals surface area (Å²) in [5, 5.41) is 0. The molecular formula is C14H20N2O2S. The fourth-order valence-electron chi connectivity index (χ4n) is 2.49. The van der Waals surface area contributed by atoms with Gasteiger partial charge in [-0.3, -0.25) is 0 Å². The van der Waals surface area contributed by atoms with Crippen molar-refractivity contribution in [3.63, 3.8) is 0 Å². The van der Waals surface area contributed by atoms with Crippen molar-refractivity contribution in [1.29, 1.82) is 0 Å². The van der Waals surface area contributed by atoms with Crippen molar-refractivity contribution in [2.24, 2.45) is 0 Å². The number of hydrogen-bond acceptors (Lipinski definition) is 3. The predicted molar refractivity (Wildman–Crippen MR) is 77.5 cm³/mol. The molecule has 5 heteroatoms. The van der Waals surface area contributed by atoms with Crippen LogP contribution in [-0.4, -0.2) is 25.8 Å². The minimum atomic E-state index is -3.43. The third kappa shape index (κ3) is 2.67. The van der Waals surface area contributed by atoms with Gasteiger partial charge < -0.3 is 5.73 Å². The maximum Gasteiger partial charge on any atom is 0.243 e. The molecule has 1 heterocycles. The fraction of sp³-hybridized carbons (Fsp3) is 0.429. The van der Waals surface area contributed by atoms with Gasteiger partial charge in [-0.25, -0.2) is 8.42 Å². The van der Waals surface area contributed by atoms with Gasteiger partial charge in [-0.1, -0.05) is 11.6 Å². The van der Waals surface area contributed by atoms with Gasteiger partial charge in [0, 0.05) is 18.8 Å². The van der Waals surface area contributed by atoms with Gasteiger partial charge in [-0.15, -0.1) is 0 Å². The van der Waals surface area contributed by atoms with Gasteiger partial charge in [-0.2, -0.15) is 4.31 Å². The van der Waals surface area contributed by atoms with Crippen LogP contribution in [0.4, 0.5) is 5.69 Å². The Labute approximate surface area is 115 Å². The minimum absolute atomic E-state index is 0.398. The van der Waals surface area contributed by atoms with E-state index in [9.17, 15) is 8.42 Å². The first kappa shape index (κ1) is 14.1. The third-order valence-electron chi connectivity index (χ3n) is 3.48. The molecule has 0 unspecified atom stereocenters. The monoisotopic (exact) mass is 280 g/mol. The van der Waals surface area contributed by atoms with Crippen molar-refractivity contribution >= 4 is 15.7 Å². The van der Waals surface area contributed by atoms with Crippen LogP contribution in [0.3, 0.4) is 0 Å². The lowest BCUT2D eigenvalue weighted by atomic mass is 10.1. The normalized spacial score (nSPS) is 17.3. The molecule has 0 bridgehead atoms. The summed E-state index contributed by atoms with van der Waals surface area (Å²) < 4.78 is 26.9. The van der Waals surface area contributed by atoms with E-state index in [4.69, 9.17) is 5.73 Å². The van der Waals surface area contributed by atoms with E-state index in [1.807, 2.05) is 13.0 Å². The lowest BCUT2D eigenvalue weighted by Gasteiger charge is -2.26. The Morgan fingerprint density at radius 1 is 1.16 bits per heavy atom. The van der Waals surface area contributed by atoms with Crippen LogP contribution < -0.4 is 5.73 Å². The van der Waals surface area contributed by atoms with E-state index >= 15 is 0 Å². The molecule has 0 aromatic heterocycles. The van der Waals surface area contributed by atoms with Gasteiger partial charge >= 0.3 is 0 Å². The van der Waals surface area contributed by atoms with Crippen molar-refractivity contribution in [2.75, 3.05) is 18.8 Å². The first-order valence-electron chi connectivity index (χ1n) is 6.35. The maximum absolute atomic E-state index is 12.7. The summed E-state index contributed by atoms with van der Waals surface area (Å²) in [7, 11) is -3.43. The SMILES string of the molecule is CC1=CCN(S(=O)(=O)c2c(C)cc(N)cc2C)CC1. The Morgan fingerprint density at radius 3 is 2.21 bits per heavy atom. The predicted octanol–water partition coefficient (Wildman–Crippen LogP) is 2.23. The Morgan fingerprint density at radius 2 is 1.74 bits per heavy atom. The number of nitrogens with two attached hydrogens (primary N) is 1. The highest BCUT2D eigenvalue weighted by molar-refractivity contribution is 7.89. The second-order valence-corrected chi connectivity index (χ2v) is 7.02. The minimum Gasteiger partial charge on any atom is -0.399 e. The fourth-order valence-corrected chi connectivity index (χ4v) is 4.28. The van der Waals surface area contributed by atoms with Gasteiger partial charge in [0.05, 0.1) is 4.90 Å². The smallest absolute Gasteiger partial charge is 0.243 e. The lowest BCUT2D eigenvalue weighted by molar-refractivity contribution is 0.430. The average Bonchev–Trinajstić information content (AvgIpc) is 2.27. The van der Waals surface area contributed by atoms with Gasteiger partial charge in [-0.05, 0) is 50.5 Å². The van der Waals surface area contributed by atoms with Crippen molar-refractivity contribution in [2.45, 2.75) is 32.1 Å². The third-order valence-corrected chi connectivity index (χ3v) is 5.65. The maximum atomic E-state index is 12.7. The van der Waals surface area contributed by atoms with Crippen LogP contribution >= 0.6 is 0 Å². The summed E-state index contributed by atoms with van der Waals surface area (Å²) in [5.41, 5.74) is 9.02. The quantitative estimate of drug-likeness (QED) is 0.667. The largest absolute Gasteiger partial charge is 0.399 e. The summed E-state index contributed by atoms with van der Waals surface area (Å²) >= 11 is 0. The molecular weight excluding hydrogens is 260 g/mol. The number of anilines is 1. The van der Waals surface area contributed by atoms with Crippen molar-refractivity contribution in [1.82, 2.24) is 4.31 Å². The highest BCUT2D eigenvalue weighted by atomic mass is 32.2. The molecule has 1 aliphatic rings. The number of sulfonamides is 1. The number of nitrogen functional groups attached to an aromatic ring is 1. The van der Waals surface area contributed by atoms with Gasteiger partial charge in [0.15, 0.2) is 0 Å². The molecule has 19 heavy (non-hydrogen) atoms. The number of hydrogen-bond donors (Lipinski definition) is 1. The highest BCUT2D eigenvalue weighted by Gasteiger charge is 2.28. The summed E-state index contributed by atoms with van der Waals surface area (Å²) in [6.07, 6.45) is 2.77. The molecule has 0 amide bonds. The van der Waals surface area contributed by atoms with E-state index in [0.29, 0.717) is 34.8 Å². The zero-order valence-corrected chi connectivity index (χ0v) is 12.4. The molecule has 0 saturated heterocycles. The van der Waals surface area contributed by atoms with Gasteiger partial charge in [0.1, 0.15) is 0 Å². The van der Waals surface area contributed by atoms with E-state index in [1.54, 1.807) is 26.0 Å². The van der Waals surface area contributed by atoms with Gasteiger partial charge in [0.2, 0.25) is 10.0 Å². The molecule has 0 saturated carbocycles. The van der Waals surface area contributed by atoms with Crippen LogP contribution in [0.5, 0.6) is 0 Å². The van der Waals surface area contributed by atoms with Crippen molar-refractivity contribution in [3.8, 4) is 0 Å². The molecule has 4 nitrogen and oxygen atoms in total. The van der Waals surface area contributed by atoms with Crippen LogP contribution in [0, 0.1) is 13.8 Å². The molecule has 2 rings (SSSR count).